The number of halogens is 2. The van der Waals surface area contributed by atoms with Crippen LogP contribution in [0.25, 0.3) is 11.3 Å². The first kappa shape index (κ1) is 13.4. The van der Waals surface area contributed by atoms with Crippen LogP contribution in [0.1, 0.15) is 11.1 Å². The Bertz CT molecular complexity index is 744. The summed E-state index contributed by atoms with van der Waals surface area (Å²) in [6.45, 7) is 0. The van der Waals surface area contributed by atoms with E-state index < -0.39 is 0 Å². The van der Waals surface area contributed by atoms with E-state index in [0.717, 1.165) is 0 Å². The minimum absolute atomic E-state index is 0.0989. The Morgan fingerprint density at radius 3 is 2.37 bits per heavy atom. The molecule has 1 aromatic carbocycles. The van der Waals surface area contributed by atoms with Gasteiger partial charge in [-0.2, -0.15) is 10.5 Å². The number of aromatic nitrogens is 1. The van der Waals surface area contributed by atoms with E-state index in [1.54, 1.807) is 24.3 Å². The summed E-state index contributed by atoms with van der Waals surface area (Å²) in [6.07, 6.45) is 0. The van der Waals surface area contributed by atoms with Crippen molar-refractivity contribution in [3.63, 3.8) is 0 Å². The third-order valence-corrected chi connectivity index (χ3v) is 3.45. The molecule has 0 amide bonds. The lowest BCUT2D eigenvalue weighted by Crippen LogP contribution is -2.02. The van der Waals surface area contributed by atoms with Crippen LogP contribution in [-0.4, -0.2) is 4.98 Å². The fourth-order valence-electron chi connectivity index (χ4n) is 1.64. The second-order valence-corrected chi connectivity index (χ2v) is 4.78. The van der Waals surface area contributed by atoms with E-state index in [1.807, 2.05) is 12.1 Å². The molecule has 0 radical (unpaired) electrons. The van der Waals surface area contributed by atoms with Crippen LogP contribution in [0.3, 0.4) is 0 Å². The molecule has 2 aromatic rings. The zero-order valence-corrected chi connectivity index (χ0v) is 11.8. The molecule has 6 heteroatoms. The van der Waals surface area contributed by atoms with Gasteiger partial charge < -0.3 is 5.73 Å². The largest absolute Gasteiger partial charge is 0.396 e. The first-order valence-corrected chi connectivity index (χ1v) is 6.31. The molecular weight excluding hydrogens is 328 g/mol. The molecule has 2 N–H and O–H groups in total. The number of nitrogen functional groups attached to an aromatic ring is 1. The summed E-state index contributed by atoms with van der Waals surface area (Å²) in [5.74, 6) is 0. The Morgan fingerprint density at radius 2 is 1.79 bits per heavy atom. The van der Waals surface area contributed by atoms with Crippen LogP contribution in [-0.2, 0) is 0 Å². The van der Waals surface area contributed by atoms with Crippen molar-refractivity contribution in [1.82, 2.24) is 4.98 Å². The lowest BCUT2D eigenvalue weighted by molar-refractivity contribution is 1.24. The molecule has 0 saturated carbocycles. The number of benzene rings is 1. The number of hydrogen-bond acceptors (Lipinski definition) is 4. The number of pyridine rings is 1. The van der Waals surface area contributed by atoms with Crippen molar-refractivity contribution in [2.75, 3.05) is 5.73 Å². The highest BCUT2D eigenvalue weighted by atomic mass is 79.9. The number of rotatable bonds is 1. The van der Waals surface area contributed by atoms with Crippen LogP contribution >= 0.6 is 27.5 Å². The predicted octanol–water partition coefficient (Wildman–Crippen LogP) is 3.49. The van der Waals surface area contributed by atoms with Crippen LogP contribution in [0, 0.1) is 22.7 Å². The van der Waals surface area contributed by atoms with E-state index >= 15 is 0 Å². The van der Waals surface area contributed by atoms with E-state index in [9.17, 15) is 5.26 Å². The van der Waals surface area contributed by atoms with Crippen molar-refractivity contribution in [3.05, 3.63) is 45.0 Å². The average molecular weight is 334 g/mol. The predicted molar refractivity (Wildman–Crippen MR) is 76.2 cm³/mol. The van der Waals surface area contributed by atoms with Gasteiger partial charge >= 0.3 is 0 Å². The summed E-state index contributed by atoms with van der Waals surface area (Å²) < 4.78 is 0.293. The van der Waals surface area contributed by atoms with Gasteiger partial charge in [-0.25, -0.2) is 4.98 Å². The minimum atomic E-state index is 0.0989. The smallest absolute Gasteiger partial charge is 0.126 e. The summed E-state index contributed by atoms with van der Waals surface area (Å²) in [5.41, 5.74) is 7.18. The van der Waals surface area contributed by atoms with Gasteiger partial charge in [0, 0.05) is 5.56 Å². The standard InChI is InChI=1S/C13H6BrClN4/c14-13-9(6-17)11(18)8(5-16)12(19-13)7-3-1-2-4-10(7)15/h1-4H,(H2,18,19). The van der Waals surface area contributed by atoms with Crippen LogP contribution in [0.5, 0.6) is 0 Å². The van der Waals surface area contributed by atoms with Gasteiger partial charge in [0.15, 0.2) is 0 Å². The topological polar surface area (TPSA) is 86.5 Å². The van der Waals surface area contributed by atoms with Crippen molar-refractivity contribution >= 4 is 33.2 Å². The third-order valence-electron chi connectivity index (χ3n) is 2.54. The second kappa shape index (κ2) is 5.27. The summed E-state index contributed by atoms with van der Waals surface area (Å²) >= 11 is 9.27. The SMILES string of the molecule is N#Cc1c(Br)nc(-c2ccccc2Cl)c(C#N)c1N. The molecule has 19 heavy (non-hydrogen) atoms. The number of anilines is 1. The Hall–Kier alpha value is -2.08. The molecule has 0 aliphatic carbocycles. The lowest BCUT2D eigenvalue weighted by atomic mass is 10.0. The maximum atomic E-state index is 9.22. The van der Waals surface area contributed by atoms with Crippen molar-refractivity contribution in [3.8, 4) is 23.4 Å². The molecule has 0 spiro atoms. The Labute approximate surface area is 123 Å². The molecule has 1 heterocycles. The summed E-state index contributed by atoms with van der Waals surface area (Å²) in [7, 11) is 0. The van der Waals surface area contributed by atoms with Crippen molar-refractivity contribution in [2.45, 2.75) is 0 Å². The Morgan fingerprint density at radius 1 is 1.16 bits per heavy atom. The molecule has 0 aliphatic rings. The highest BCUT2D eigenvalue weighted by molar-refractivity contribution is 9.10. The van der Waals surface area contributed by atoms with Gasteiger partial charge in [0.1, 0.15) is 27.9 Å². The zero-order chi connectivity index (χ0) is 14.0. The van der Waals surface area contributed by atoms with E-state index in [1.165, 1.54) is 0 Å². The second-order valence-electron chi connectivity index (χ2n) is 3.62. The van der Waals surface area contributed by atoms with Gasteiger partial charge in [-0.1, -0.05) is 29.8 Å². The quantitative estimate of drug-likeness (QED) is 0.809. The Kier molecular flexibility index (Phi) is 3.71. The molecule has 0 atom stereocenters. The molecule has 0 bridgehead atoms. The molecule has 2 rings (SSSR count). The van der Waals surface area contributed by atoms with E-state index in [0.29, 0.717) is 20.9 Å². The van der Waals surface area contributed by atoms with Crippen LogP contribution in [0.15, 0.2) is 28.9 Å². The molecule has 0 aliphatic heterocycles. The van der Waals surface area contributed by atoms with E-state index in [-0.39, 0.29) is 16.8 Å². The van der Waals surface area contributed by atoms with Crippen LogP contribution in [0.4, 0.5) is 5.69 Å². The summed E-state index contributed by atoms with van der Waals surface area (Å²) in [4.78, 5) is 4.21. The summed E-state index contributed by atoms with van der Waals surface area (Å²) in [5, 5.41) is 18.7. The average Bonchev–Trinajstić information content (AvgIpc) is 2.39. The van der Waals surface area contributed by atoms with Gasteiger partial charge in [0.2, 0.25) is 0 Å². The number of nitrogens with two attached hydrogens (primary N) is 1. The fraction of sp³-hybridized carbons (Fsp3) is 0. The first-order valence-electron chi connectivity index (χ1n) is 5.14. The molecule has 0 fully saturated rings. The molecular formula is C13H6BrClN4. The molecule has 0 saturated heterocycles. The summed E-state index contributed by atoms with van der Waals surface area (Å²) in [6, 6.07) is 10.9. The molecule has 4 nitrogen and oxygen atoms in total. The lowest BCUT2D eigenvalue weighted by Gasteiger charge is -2.10. The highest BCUT2D eigenvalue weighted by Gasteiger charge is 2.18. The van der Waals surface area contributed by atoms with Crippen molar-refractivity contribution < 1.29 is 0 Å². The van der Waals surface area contributed by atoms with E-state index in [2.05, 4.69) is 20.9 Å². The Balaban J connectivity index is 2.84. The molecule has 92 valence electrons. The van der Waals surface area contributed by atoms with E-state index in [4.69, 9.17) is 22.6 Å². The van der Waals surface area contributed by atoms with Gasteiger partial charge in [0.05, 0.1) is 16.4 Å². The maximum Gasteiger partial charge on any atom is 0.126 e. The normalized spacial score (nSPS) is 9.68. The minimum Gasteiger partial charge on any atom is -0.396 e. The highest BCUT2D eigenvalue weighted by Crippen LogP contribution is 2.34. The maximum absolute atomic E-state index is 9.22. The van der Waals surface area contributed by atoms with Gasteiger partial charge in [-0.3, -0.25) is 0 Å². The fourth-order valence-corrected chi connectivity index (χ4v) is 2.35. The molecule has 1 aromatic heterocycles. The van der Waals surface area contributed by atoms with Gasteiger partial charge in [-0.05, 0) is 22.0 Å². The number of nitriles is 2. The van der Waals surface area contributed by atoms with Crippen LogP contribution in [0.2, 0.25) is 5.02 Å². The number of nitrogens with zero attached hydrogens (tertiary/aromatic N) is 3. The third kappa shape index (κ3) is 2.26. The van der Waals surface area contributed by atoms with Crippen LogP contribution < -0.4 is 5.73 Å². The van der Waals surface area contributed by atoms with Gasteiger partial charge in [-0.15, -0.1) is 0 Å². The monoisotopic (exact) mass is 332 g/mol. The molecule has 0 unspecified atom stereocenters. The zero-order valence-electron chi connectivity index (χ0n) is 9.48. The first-order chi connectivity index (χ1) is 9.10. The van der Waals surface area contributed by atoms with Crippen molar-refractivity contribution in [2.24, 2.45) is 0 Å². The van der Waals surface area contributed by atoms with Gasteiger partial charge in [0.25, 0.3) is 0 Å². The van der Waals surface area contributed by atoms with Crippen molar-refractivity contribution in [1.29, 1.82) is 10.5 Å². The number of hydrogen-bond donors (Lipinski definition) is 1.